The van der Waals surface area contributed by atoms with Crippen LogP contribution in [0.5, 0.6) is 0 Å². The van der Waals surface area contributed by atoms with E-state index in [0.29, 0.717) is 6.04 Å². The number of anilines is 1. The van der Waals surface area contributed by atoms with E-state index < -0.39 is 0 Å². The molecule has 19 heavy (non-hydrogen) atoms. The summed E-state index contributed by atoms with van der Waals surface area (Å²) in [5.74, 6) is 0.220. The Kier molecular flexibility index (Phi) is 3.45. The Labute approximate surface area is 115 Å². The quantitative estimate of drug-likeness (QED) is 0.900. The van der Waals surface area contributed by atoms with Gasteiger partial charge in [-0.15, -0.1) is 0 Å². The number of fused-ring (bicyclic) bond motifs is 1. The Morgan fingerprint density at radius 2 is 2.26 bits per heavy atom. The van der Waals surface area contributed by atoms with Gasteiger partial charge in [0.15, 0.2) is 0 Å². The molecule has 1 aromatic carbocycles. The fraction of sp³-hybridized carbons (Fsp3) is 0.562. The van der Waals surface area contributed by atoms with Crippen LogP contribution < -0.4 is 5.32 Å². The van der Waals surface area contributed by atoms with Gasteiger partial charge in [-0.05, 0) is 55.9 Å². The zero-order valence-electron chi connectivity index (χ0n) is 11.6. The van der Waals surface area contributed by atoms with E-state index in [1.165, 1.54) is 24.1 Å². The minimum Gasteiger partial charge on any atom is -0.385 e. The number of carbonyl (C=O) groups is 1. The molecule has 0 spiro atoms. The average molecular weight is 258 g/mol. The topological polar surface area (TPSA) is 32.3 Å². The van der Waals surface area contributed by atoms with Gasteiger partial charge < -0.3 is 10.2 Å². The van der Waals surface area contributed by atoms with Crippen molar-refractivity contribution in [2.45, 2.75) is 45.1 Å². The molecule has 2 aliphatic rings. The van der Waals surface area contributed by atoms with Crippen LogP contribution in [0.25, 0.3) is 0 Å². The number of carbonyl (C=O) groups excluding carboxylic acids is 1. The zero-order valence-corrected chi connectivity index (χ0v) is 11.6. The van der Waals surface area contributed by atoms with Crippen molar-refractivity contribution >= 4 is 11.6 Å². The third kappa shape index (κ3) is 2.60. The summed E-state index contributed by atoms with van der Waals surface area (Å²) < 4.78 is 0. The Bertz CT molecular complexity index is 480. The average Bonchev–Trinajstić information content (AvgIpc) is 3.28. The molecule has 1 N–H and O–H groups in total. The molecule has 0 aromatic heterocycles. The van der Waals surface area contributed by atoms with Gasteiger partial charge in [-0.25, -0.2) is 0 Å². The highest BCUT2D eigenvalue weighted by Crippen LogP contribution is 2.30. The monoisotopic (exact) mass is 258 g/mol. The fourth-order valence-electron chi connectivity index (χ4n) is 2.85. The number of hydrogen-bond donors (Lipinski definition) is 1. The van der Waals surface area contributed by atoms with Crippen molar-refractivity contribution in [3.63, 3.8) is 0 Å². The molecule has 1 aromatic rings. The van der Waals surface area contributed by atoms with Crippen LogP contribution in [0.3, 0.4) is 0 Å². The number of aryl methyl sites for hydroxylation is 1. The Morgan fingerprint density at radius 3 is 3.00 bits per heavy atom. The summed E-state index contributed by atoms with van der Waals surface area (Å²) in [4.78, 5) is 14.7. The minimum atomic E-state index is 0.220. The van der Waals surface area contributed by atoms with Crippen LogP contribution in [0.4, 0.5) is 5.69 Å². The largest absolute Gasteiger partial charge is 0.385 e. The molecule has 0 radical (unpaired) electrons. The molecule has 1 amide bonds. The van der Waals surface area contributed by atoms with E-state index in [1.807, 2.05) is 6.07 Å². The fourth-order valence-corrected chi connectivity index (χ4v) is 2.85. The summed E-state index contributed by atoms with van der Waals surface area (Å²) in [6, 6.07) is 6.64. The molecular formula is C16H22N2O. The first-order valence-electron chi connectivity index (χ1n) is 7.47. The van der Waals surface area contributed by atoms with E-state index in [9.17, 15) is 4.79 Å². The molecule has 1 heterocycles. The molecule has 0 bridgehead atoms. The first-order valence-corrected chi connectivity index (χ1v) is 7.47. The molecule has 102 valence electrons. The maximum atomic E-state index is 12.6. The molecule has 1 aliphatic carbocycles. The van der Waals surface area contributed by atoms with Gasteiger partial charge in [0.25, 0.3) is 5.91 Å². The maximum absolute atomic E-state index is 12.6. The van der Waals surface area contributed by atoms with Crippen LogP contribution in [-0.4, -0.2) is 29.9 Å². The molecule has 0 unspecified atom stereocenters. The lowest BCUT2D eigenvalue weighted by atomic mass is 10.0. The number of rotatable bonds is 4. The van der Waals surface area contributed by atoms with E-state index >= 15 is 0 Å². The standard InChI is InChI=1S/C16H22N2O/c1-2-10-18(14-6-7-14)16(19)13-5-8-15-12(11-13)4-3-9-17-15/h5,8,11,14,17H,2-4,6-7,9-10H2,1H3. The van der Waals surface area contributed by atoms with Gasteiger partial charge in [-0.1, -0.05) is 6.92 Å². The summed E-state index contributed by atoms with van der Waals surface area (Å²) in [6.45, 7) is 4.07. The highest BCUT2D eigenvalue weighted by Gasteiger charge is 2.32. The van der Waals surface area contributed by atoms with Crippen molar-refractivity contribution in [1.29, 1.82) is 0 Å². The molecule has 1 saturated carbocycles. The number of amides is 1. The van der Waals surface area contributed by atoms with E-state index in [2.05, 4.69) is 29.3 Å². The number of hydrogen-bond acceptors (Lipinski definition) is 2. The third-order valence-corrected chi connectivity index (χ3v) is 4.00. The Hall–Kier alpha value is -1.51. The second-order valence-electron chi connectivity index (χ2n) is 5.63. The van der Waals surface area contributed by atoms with Crippen LogP contribution in [-0.2, 0) is 6.42 Å². The first-order chi connectivity index (χ1) is 9.29. The Balaban J connectivity index is 1.82. The van der Waals surface area contributed by atoms with Gasteiger partial charge in [0.1, 0.15) is 0 Å². The number of benzene rings is 1. The molecule has 3 rings (SSSR count). The van der Waals surface area contributed by atoms with Crippen molar-refractivity contribution in [3.8, 4) is 0 Å². The number of nitrogens with one attached hydrogen (secondary N) is 1. The van der Waals surface area contributed by atoms with Crippen LogP contribution >= 0.6 is 0 Å². The van der Waals surface area contributed by atoms with Crippen molar-refractivity contribution in [1.82, 2.24) is 4.90 Å². The molecule has 0 atom stereocenters. The predicted molar refractivity (Wildman–Crippen MR) is 77.6 cm³/mol. The van der Waals surface area contributed by atoms with Gasteiger partial charge in [-0.2, -0.15) is 0 Å². The molecule has 0 saturated heterocycles. The summed E-state index contributed by atoms with van der Waals surface area (Å²) >= 11 is 0. The summed E-state index contributed by atoms with van der Waals surface area (Å²) in [5.41, 5.74) is 3.36. The molecule has 3 heteroatoms. The second kappa shape index (κ2) is 5.24. The van der Waals surface area contributed by atoms with Gasteiger partial charge in [0.05, 0.1) is 0 Å². The van der Waals surface area contributed by atoms with Crippen molar-refractivity contribution in [3.05, 3.63) is 29.3 Å². The lowest BCUT2D eigenvalue weighted by Gasteiger charge is -2.23. The Morgan fingerprint density at radius 1 is 1.42 bits per heavy atom. The molecule has 3 nitrogen and oxygen atoms in total. The zero-order chi connectivity index (χ0) is 13.2. The molecule has 1 fully saturated rings. The van der Waals surface area contributed by atoms with Gasteiger partial charge >= 0.3 is 0 Å². The van der Waals surface area contributed by atoms with Gasteiger partial charge in [0, 0.05) is 30.4 Å². The van der Waals surface area contributed by atoms with E-state index in [4.69, 9.17) is 0 Å². The van der Waals surface area contributed by atoms with Crippen molar-refractivity contribution in [2.24, 2.45) is 0 Å². The van der Waals surface area contributed by atoms with Crippen LogP contribution in [0.1, 0.15) is 48.5 Å². The lowest BCUT2D eigenvalue weighted by molar-refractivity contribution is 0.0743. The van der Waals surface area contributed by atoms with Crippen LogP contribution in [0.15, 0.2) is 18.2 Å². The summed E-state index contributed by atoms with van der Waals surface area (Å²) in [7, 11) is 0. The first kappa shape index (κ1) is 12.5. The van der Waals surface area contributed by atoms with Crippen molar-refractivity contribution < 1.29 is 4.79 Å². The van der Waals surface area contributed by atoms with Gasteiger partial charge in [-0.3, -0.25) is 4.79 Å². The van der Waals surface area contributed by atoms with Crippen LogP contribution in [0, 0.1) is 0 Å². The lowest BCUT2D eigenvalue weighted by Crippen LogP contribution is -2.33. The predicted octanol–water partition coefficient (Wildman–Crippen LogP) is 3.06. The summed E-state index contributed by atoms with van der Waals surface area (Å²) in [5, 5.41) is 3.39. The second-order valence-corrected chi connectivity index (χ2v) is 5.63. The van der Waals surface area contributed by atoms with Gasteiger partial charge in [0.2, 0.25) is 0 Å². The SMILES string of the molecule is CCCN(C(=O)c1ccc2c(c1)CCCN2)C1CC1. The molecule has 1 aliphatic heterocycles. The maximum Gasteiger partial charge on any atom is 0.254 e. The van der Waals surface area contributed by atoms with E-state index in [0.717, 1.165) is 37.9 Å². The highest BCUT2D eigenvalue weighted by atomic mass is 16.2. The normalized spacial score (nSPS) is 17.5. The van der Waals surface area contributed by atoms with E-state index in [-0.39, 0.29) is 5.91 Å². The molecular weight excluding hydrogens is 236 g/mol. The van der Waals surface area contributed by atoms with Crippen molar-refractivity contribution in [2.75, 3.05) is 18.4 Å². The van der Waals surface area contributed by atoms with Crippen LogP contribution in [0.2, 0.25) is 0 Å². The number of nitrogens with zero attached hydrogens (tertiary/aromatic N) is 1. The summed E-state index contributed by atoms with van der Waals surface area (Å²) in [6.07, 6.45) is 5.64. The third-order valence-electron chi connectivity index (χ3n) is 4.00. The highest BCUT2D eigenvalue weighted by molar-refractivity contribution is 5.95. The minimum absolute atomic E-state index is 0.220. The smallest absolute Gasteiger partial charge is 0.254 e. The van der Waals surface area contributed by atoms with E-state index in [1.54, 1.807) is 0 Å².